The first kappa shape index (κ1) is 12.5. The van der Waals surface area contributed by atoms with Crippen LogP contribution in [-0.2, 0) is 12.8 Å². The van der Waals surface area contributed by atoms with Crippen LogP contribution >= 0.6 is 34.2 Å². The number of fused-ring (bicyclic) bond motifs is 2. The molecule has 18 heavy (non-hydrogen) atoms. The van der Waals surface area contributed by atoms with Crippen molar-refractivity contribution in [3.63, 3.8) is 0 Å². The van der Waals surface area contributed by atoms with Gasteiger partial charge in [0, 0.05) is 32.4 Å². The van der Waals surface area contributed by atoms with Gasteiger partial charge in [0.05, 0.1) is 5.52 Å². The molecule has 2 nitrogen and oxygen atoms in total. The van der Waals surface area contributed by atoms with E-state index in [0.29, 0.717) is 0 Å². The Kier molecular flexibility index (Phi) is 3.36. The Morgan fingerprint density at radius 1 is 1.28 bits per heavy atom. The number of hydrogen-bond donors (Lipinski definition) is 1. The second-order valence-corrected chi connectivity index (χ2v) is 6.25. The largest absolute Gasteiger partial charge is 0.387 e. The summed E-state index contributed by atoms with van der Waals surface area (Å²) in [7, 11) is 1.98. The van der Waals surface area contributed by atoms with Crippen molar-refractivity contribution in [3.8, 4) is 0 Å². The molecule has 1 N–H and O–H groups in total. The van der Waals surface area contributed by atoms with E-state index >= 15 is 0 Å². The van der Waals surface area contributed by atoms with Gasteiger partial charge in [-0.15, -0.1) is 0 Å². The average molecular weight is 373 g/mol. The number of hydrogen-bond acceptors (Lipinski definition) is 2. The Hall–Kier alpha value is -0.550. The molecule has 0 aliphatic heterocycles. The number of pyridine rings is 1. The van der Waals surface area contributed by atoms with Gasteiger partial charge in [-0.25, -0.2) is 0 Å². The molecule has 1 aromatic carbocycles. The monoisotopic (exact) mass is 372 g/mol. The number of anilines is 1. The third-order valence-electron chi connectivity index (χ3n) is 3.53. The zero-order valence-corrected chi connectivity index (χ0v) is 13.1. The molecule has 3 rings (SSSR count). The van der Waals surface area contributed by atoms with Crippen LogP contribution in [0.3, 0.4) is 0 Å². The standard InChI is InChI=1S/C14H14ClIN2/c1-17-13-9-4-2-3-5-12(9)18-14-10(13)6-8(15)7-11(14)16/h6-7H,2-5H2,1H3,(H,17,18). The lowest BCUT2D eigenvalue weighted by atomic mass is 9.93. The van der Waals surface area contributed by atoms with Crippen molar-refractivity contribution in [1.82, 2.24) is 4.98 Å². The molecule has 0 atom stereocenters. The number of aromatic nitrogens is 1. The van der Waals surface area contributed by atoms with Crippen molar-refractivity contribution in [2.75, 3.05) is 12.4 Å². The molecule has 0 unspecified atom stereocenters. The summed E-state index contributed by atoms with van der Waals surface area (Å²) in [4.78, 5) is 4.86. The predicted molar refractivity (Wildman–Crippen MR) is 85.7 cm³/mol. The van der Waals surface area contributed by atoms with E-state index in [0.717, 1.165) is 32.3 Å². The summed E-state index contributed by atoms with van der Waals surface area (Å²) in [6.07, 6.45) is 4.72. The topological polar surface area (TPSA) is 24.9 Å². The summed E-state index contributed by atoms with van der Waals surface area (Å²) in [5.41, 5.74) is 4.94. The molecule has 0 spiro atoms. The molecule has 2 aromatic rings. The third kappa shape index (κ3) is 1.97. The second-order valence-electron chi connectivity index (χ2n) is 4.65. The minimum absolute atomic E-state index is 0.779. The van der Waals surface area contributed by atoms with E-state index in [1.165, 1.54) is 29.8 Å². The van der Waals surface area contributed by atoms with Crippen LogP contribution in [0.15, 0.2) is 12.1 Å². The van der Waals surface area contributed by atoms with E-state index in [9.17, 15) is 0 Å². The minimum atomic E-state index is 0.779. The highest BCUT2D eigenvalue weighted by molar-refractivity contribution is 14.1. The van der Waals surface area contributed by atoms with Crippen molar-refractivity contribution >= 4 is 50.8 Å². The fraction of sp³-hybridized carbons (Fsp3) is 0.357. The molecule has 1 aromatic heterocycles. The van der Waals surface area contributed by atoms with E-state index in [-0.39, 0.29) is 0 Å². The molecule has 0 amide bonds. The van der Waals surface area contributed by atoms with Crippen molar-refractivity contribution in [3.05, 3.63) is 32.0 Å². The number of nitrogens with zero attached hydrogens (tertiary/aromatic N) is 1. The summed E-state index contributed by atoms with van der Waals surface area (Å²) >= 11 is 8.49. The van der Waals surface area contributed by atoms with Crippen LogP contribution in [0.4, 0.5) is 5.69 Å². The van der Waals surface area contributed by atoms with Crippen LogP contribution in [0.5, 0.6) is 0 Å². The number of benzene rings is 1. The van der Waals surface area contributed by atoms with E-state index in [1.54, 1.807) is 0 Å². The van der Waals surface area contributed by atoms with E-state index in [4.69, 9.17) is 16.6 Å². The summed E-state index contributed by atoms with van der Waals surface area (Å²) < 4.78 is 1.12. The van der Waals surface area contributed by atoms with Crippen LogP contribution in [0, 0.1) is 3.57 Å². The fourth-order valence-electron chi connectivity index (χ4n) is 2.74. The SMILES string of the molecule is CNc1c2c(nc3c(I)cc(Cl)cc13)CCCC2. The Balaban J connectivity index is 2.40. The van der Waals surface area contributed by atoms with Gasteiger partial charge in [0.15, 0.2) is 0 Å². The van der Waals surface area contributed by atoms with E-state index < -0.39 is 0 Å². The molecule has 4 heteroatoms. The van der Waals surface area contributed by atoms with E-state index in [1.807, 2.05) is 19.2 Å². The first-order valence-corrected chi connectivity index (χ1v) is 7.64. The zero-order valence-electron chi connectivity index (χ0n) is 10.2. The second kappa shape index (κ2) is 4.85. The van der Waals surface area contributed by atoms with Crippen molar-refractivity contribution in [2.24, 2.45) is 0 Å². The maximum atomic E-state index is 6.18. The Morgan fingerprint density at radius 3 is 2.83 bits per heavy atom. The lowest BCUT2D eigenvalue weighted by Gasteiger charge is -2.21. The maximum absolute atomic E-state index is 6.18. The fourth-order valence-corrected chi connectivity index (χ4v) is 3.88. The summed E-state index contributed by atoms with van der Waals surface area (Å²) in [5, 5.41) is 5.28. The van der Waals surface area contributed by atoms with Crippen LogP contribution in [0.2, 0.25) is 5.02 Å². The molecule has 0 radical (unpaired) electrons. The number of halogens is 2. The van der Waals surface area contributed by atoms with Gasteiger partial charge in [-0.3, -0.25) is 4.98 Å². The molecule has 1 aliphatic rings. The third-order valence-corrected chi connectivity index (χ3v) is 4.58. The molecular weight excluding hydrogens is 359 g/mol. The summed E-state index contributed by atoms with van der Waals surface area (Å²) in [6.45, 7) is 0. The number of aryl methyl sites for hydroxylation is 1. The Labute approximate surface area is 125 Å². The molecule has 0 saturated carbocycles. The average Bonchev–Trinajstić information content (AvgIpc) is 2.36. The first-order chi connectivity index (χ1) is 8.70. The molecule has 0 saturated heterocycles. The van der Waals surface area contributed by atoms with Gasteiger partial charge < -0.3 is 5.32 Å². The minimum Gasteiger partial charge on any atom is -0.387 e. The molecule has 0 fully saturated rings. The first-order valence-electron chi connectivity index (χ1n) is 6.19. The van der Waals surface area contributed by atoms with Crippen LogP contribution in [-0.4, -0.2) is 12.0 Å². The molecule has 1 aliphatic carbocycles. The van der Waals surface area contributed by atoms with Crippen molar-refractivity contribution in [2.45, 2.75) is 25.7 Å². The van der Waals surface area contributed by atoms with Gasteiger partial charge in [-0.2, -0.15) is 0 Å². The van der Waals surface area contributed by atoms with Gasteiger partial charge in [-0.1, -0.05) is 11.6 Å². The zero-order chi connectivity index (χ0) is 12.7. The lowest BCUT2D eigenvalue weighted by molar-refractivity contribution is 0.672. The van der Waals surface area contributed by atoms with Crippen LogP contribution in [0.25, 0.3) is 10.9 Å². The quantitative estimate of drug-likeness (QED) is 0.750. The van der Waals surface area contributed by atoms with Crippen molar-refractivity contribution < 1.29 is 0 Å². The summed E-state index contributed by atoms with van der Waals surface area (Å²) in [5.74, 6) is 0. The molecular formula is C14H14ClIN2. The van der Waals surface area contributed by atoms with Crippen molar-refractivity contribution in [1.29, 1.82) is 0 Å². The predicted octanol–water partition coefficient (Wildman–Crippen LogP) is 4.41. The number of rotatable bonds is 1. The molecule has 0 bridgehead atoms. The Bertz CT molecular complexity index is 625. The maximum Gasteiger partial charge on any atom is 0.0860 e. The van der Waals surface area contributed by atoms with Crippen LogP contribution < -0.4 is 5.32 Å². The van der Waals surface area contributed by atoms with Crippen LogP contribution in [0.1, 0.15) is 24.1 Å². The van der Waals surface area contributed by atoms with Gasteiger partial charge in [0.25, 0.3) is 0 Å². The normalized spacial score (nSPS) is 14.6. The van der Waals surface area contributed by atoms with E-state index in [2.05, 4.69) is 27.9 Å². The van der Waals surface area contributed by atoms with Gasteiger partial charge in [0.2, 0.25) is 0 Å². The van der Waals surface area contributed by atoms with Gasteiger partial charge >= 0.3 is 0 Å². The highest BCUT2D eigenvalue weighted by Crippen LogP contribution is 2.36. The highest BCUT2D eigenvalue weighted by atomic mass is 127. The number of nitrogens with one attached hydrogen (secondary N) is 1. The van der Waals surface area contributed by atoms with Gasteiger partial charge in [-0.05, 0) is 66.0 Å². The molecule has 1 heterocycles. The molecule has 94 valence electrons. The highest BCUT2D eigenvalue weighted by Gasteiger charge is 2.18. The summed E-state index contributed by atoms with van der Waals surface area (Å²) in [6, 6.07) is 4.00. The van der Waals surface area contributed by atoms with Gasteiger partial charge in [0.1, 0.15) is 0 Å². The Morgan fingerprint density at radius 2 is 2.06 bits per heavy atom. The smallest absolute Gasteiger partial charge is 0.0860 e. The lowest BCUT2D eigenvalue weighted by Crippen LogP contribution is -2.10.